The quantitative estimate of drug-likeness (QED) is 0.784. The molecule has 0 saturated heterocycles. The Balaban J connectivity index is 1.90. The number of hydrogen-bond acceptors (Lipinski definition) is 3. The molecular weight excluding hydrogens is 248 g/mol. The van der Waals surface area contributed by atoms with Crippen LogP contribution in [-0.2, 0) is 11.3 Å². The molecule has 2 aromatic rings. The zero-order valence-corrected chi connectivity index (χ0v) is 12.6. The number of ether oxygens (including phenoxy) is 1. The maximum absolute atomic E-state index is 5.80. The van der Waals surface area contributed by atoms with Gasteiger partial charge in [-0.05, 0) is 37.6 Å². The first-order valence-electron chi connectivity index (χ1n) is 7.33. The minimum absolute atomic E-state index is 0.543. The number of nitrogens with one attached hydrogen (secondary N) is 1. The highest BCUT2D eigenvalue weighted by molar-refractivity contribution is 5.82. The molecule has 2 rings (SSSR count). The summed E-state index contributed by atoms with van der Waals surface area (Å²) in [7, 11) is 0. The molecule has 1 N–H and O–H groups in total. The molecule has 0 unspecified atom stereocenters. The first-order chi connectivity index (χ1) is 9.66. The minimum atomic E-state index is 0.543. The number of pyridine rings is 1. The van der Waals surface area contributed by atoms with Crippen molar-refractivity contribution < 1.29 is 4.74 Å². The molecule has 0 aliphatic rings. The smallest absolute Gasteiger partial charge is 0.0724 e. The molecule has 3 nitrogen and oxygen atoms in total. The fourth-order valence-corrected chi connectivity index (χ4v) is 2.26. The molecule has 0 aliphatic heterocycles. The molecule has 1 aromatic carbocycles. The van der Waals surface area contributed by atoms with E-state index >= 15 is 0 Å². The molecule has 108 valence electrons. The highest BCUT2D eigenvalue weighted by Gasteiger charge is 2.03. The molecule has 3 heteroatoms. The van der Waals surface area contributed by atoms with E-state index in [1.54, 1.807) is 0 Å². The number of aromatic nitrogens is 1. The van der Waals surface area contributed by atoms with Gasteiger partial charge in [-0.1, -0.05) is 32.0 Å². The first-order valence-corrected chi connectivity index (χ1v) is 7.33. The van der Waals surface area contributed by atoms with E-state index in [4.69, 9.17) is 4.74 Å². The van der Waals surface area contributed by atoms with Gasteiger partial charge in [0.05, 0.1) is 12.1 Å². The third-order valence-corrected chi connectivity index (χ3v) is 3.21. The molecule has 0 spiro atoms. The molecule has 0 amide bonds. The van der Waals surface area contributed by atoms with E-state index in [-0.39, 0.29) is 0 Å². The zero-order chi connectivity index (χ0) is 14.4. The van der Waals surface area contributed by atoms with Gasteiger partial charge in [0.15, 0.2) is 0 Å². The lowest BCUT2D eigenvalue weighted by Gasteiger charge is -2.10. The Kier molecular flexibility index (Phi) is 5.50. The predicted octanol–water partition coefficient (Wildman–Crippen LogP) is 3.45. The van der Waals surface area contributed by atoms with Gasteiger partial charge in [-0.3, -0.25) is 4.98 Å². The third-order valence-electron chi connectivity index (χ3n) is 3.21. The van der Waals surface area contributed by atoms with Crippen LogP contribution < -0.4 is 5.32 Å². The summed E-state index contributed by atoms with van der Waals surface area (Å²) < 4.78 is 5.80. The van der Waals surface area contributed by atoms with E-state index < -0.39 is 0 Å². The summed E-state index contributed by atoms with van der Waals surface area (Å²) in [5, 5.41) is 4.59. The van der Waals surface area contributed by atoms with E-state index in [2.05, 4.69) is 48.4 Å². The van der Waals surface area contributed by atoms with Crippen LogP contribution in [0.25, 0.3) is 10.9 Å². The predicted molar refractivity (Wildman–Crippen MR) is 83.9 cm³/mol. The van der Waals surface area contributed by atoms with Gasteiger partial charge in [0.1, 0.15) is 0 Å². The van der Waals surface area contributed by atoms with E-state index in [1.807, 2.05) is 13.0 Å². The van der Waals surface area contributed by atoms with Gasteiger partial charge >= 0.3 is 0 Å². The van der Waals surface area contributed by atoms with E-state index in [0.717, 1.165) is 30.8 Å². The average molecular weight is 272 g/mol. The number of nitrogens with zero attached hydrogens (tertiary/aromatic N) is 1. The summed E-state index contributed by atoms with van der Waals surface area (Å²) in [5.41, 5.74) is 3.32. The Labute approximate surface area is 121 Å². The normalized spacial score (nSPS) is 11.4. The number of benzene rings is 1. The van der Waals surface area contributed by atoms with Gasteiger partial charge in [-0.25, -0.2) is 0 Å². The molecule has 0 bridgehead atoms. The van der Waals surface area contributed by atoms with Crippen molar-refractivity contribution in [2.45, 2.75) is 39.8 Å². The molecule has 1 heterocycles. The lowest BCUT2D eigenvalue weighted by atomic mass is 10.1. The first kappa shape index (κ1) is 14.9. The van der Waals surface area contributed by atoms with Crippen molar-refractivity contribution in [1.29, 1.82) is 0 Å². The van der Waals surface area contributed by atoms with Crippen molar-refractivity contribution in [3.05, 3.63) is 41.6 Å². The van der Waals surface area contributed by atoms with Crippen LogP contribution in [0.4, 0.5) is 0 Å². The van der Waals surface area contributed by atoms with E-state index in [1.165, 1.54) is 10.9 Å². The molecule has 0 atom stereocenters. The van der Waals surface area contributed by atoms with Crippen LogP contribution in [0.15, 0.2) is 30.3 Å². The Morgan fingerprint density at radius 3 is 2.85 bits per heavy atom. The average Bonchev–Trinajstić information content (AvgIpc) is 2.42. The molecular formula is C17H24N2O. The topological polar surface area (TPSA) is 34.1 Å². The monoisotopic (exact) mass is 272 g/mol. The second-order valence-electron chi connectivity index (χ2n) is 5.45. The van der Waals surface area contributed by atoms with Crippen LogP contribution in [0, 0.1) is 6.92 Å². The number of para-hydroxylation sites is 1. The van der Waals surface area contributed by atoms with Crippen molar-refractivity contribution in [2.75, 3.05) is 13.2 Å². The highest BCUT2D eigenvalue weighted by Crippen LogP contribution is 2.18. The maximum atomic E-state index is 5.80. The standard InChI is InChI=1S/C17H24N2O/c1-13(2)18-9-6-10-20-12-15-11-14(3)19-17-8-5-4-7-16(15)17/h4-5,7-8,11,13,18H,6,9-10,12H2,1-3H3. The molecule has 0 aliphatic carbocycles. The number of aryl methyl sites for hydroxylation is 1. The highest BCUT2D eigenvalue weighted by atomic mass is 16.5. The summed E-state index contributed by atoms with van der Waals surface area (Å²) in [6, 6.07) is 10.9. The SMILES string of the molecule is Cc1cc(COCCCNC(C)C)c2ccccc2n1. The van der Waals surface area contributed by atoms with E-state index in [0.29, 0.717) is 12.6 Å². The Hall–Kier alpha value is -1.45. The molecule has 0 saturated carbocycles. The van der Waals surface area contributed by atoms with Gasteiger partial charge < -0.3 is 10.1 Å². The third kappa shape index (κ3) is 4.29. The van der Waals surface area contributed by atoms with Crippen LogP contribution >= 0.6 is 0 Å². The largest absolute Gasteiger partial charge is 0.377 e. The number of rotatable bonds is 7. The summed E-state index contributed by atoms with van der Waals surface area (Å²) in [5.74, 6) is 0. The summed E-state index contributed by atoms with van der Waals surface area (Å²) in [6.07, 6.45) is 1.04. The Bertz CT molecular complexity index is 552. The Morgan fingerprint density at radius 2 is 2.05 bits per heavy atom. The molecule has 1 aromatic heterocycles. The van der Waals surface area contributed by atoms with Gasteiger partial charge in [0, 0.05) is 23.7 Å². The number of fused-ring (bicyclic) bond motifs is 1. The minimum Gasteiger partial charge on any atom is -0.377 e. The summed E-state index contributed by atoms with van der Waals surface area (Å²) in [6.45, 7) is 8.80. The number of hydrogen-bond donors (Lipinski definition) is 1. The van der Waals surface area contributed by atoms with E-state index in [9.17, 15) is 0 Å². The summed E-state index contributed by atoms with van der Waals surface area (Å²) >= 11 is 0. The van der Waals surface area contributed by atoms with Crippen molar-refractivity contribution in [3.8, 4) is 0 Å². The maximum Gasteiger partial charge on any atom is 0.0724 e. The fraction of sp³-hybridized carbons (Fsp3) is 0.471. The van der Waals surface area contributed by atoms with Crippen molar-refractivity contribution in [2.24, 2.45) is 0 Å². The van der Waals surface area contributed by atoms with Crippen molar-refractivity contribution in [1.82, 2.24) is 10.3 Å². The fourth-order valence-electron chi connectivity index (χ4n) is 2.26. The second kappa shape index (κ2) is 7.36. The van der Waals surface area contributed by atoms with Crippen LogP contribution in [0.1, 0.15) is 31.5 Å². The van der Waals surface area contributed by atoms with Gasteiger partial charge in [0.2, 0.25) is 0 Å². The van der Waals surface area contributed by atoms with Crippen LogP contribution in [-0.4, -0.2) is 24.2 Å². The van der Waals surface area contributed by atoms with Crippen LogP contribution in [0.3, 0.4) is 0 Å². The van der Waals surface area contributed by atoms with Gasteiger partial charge in [0.25, 0.3) is 0 Å². The van der Waals surface area contributed by atoms with Crippen molar-refractivity contribution in [3.63, 3.8) is 0 Å². The molecule has 0 fully saturated rings. The molecule has 0 radical (unpaired) electrons. The van der Waals surface area contributed by atoms with Gasteiger partial charge in [-0.15, -0.1) is 0 Å². The Morgan fingerprint density at radius 1 is 1.25 bits per heavy atom. The van der Waals surface area contributed by atoms with Crippen LogP contribution in [0.2, 0.25) is 0 Å². The lowest BCUT2D eigenvalue weighted by molar-refractivity contribution is 0.119. The summed E-state index contributed by atoms with van der Waals surface area (Å²) in [4.78, 5) is 4.55. The van der Waals surface area contributed by atoms with Crippen LogP contribution in [0.5, 0.6) is 0 Å². The lowest BCUT2D eigenvalue weighted by Crippen LogP contribution is -2.24. The second-order valence-corrected chi connectivity index (χ2v) is 5.45. The van der Waals surface area contributed by atoms with Gasteiger partial charge in [-0.2, -0.15) is 0 Å². The zero-order valence-electron chi connectivity index (χ0n) is 12.6. The molecule has 20 heavy (non-hydrogen) atoms. The van der Waals surface area contributed by atoms with Crippen molar-refractivity contribution >= 4 is 10.9 Å².